The van der Waals surface area contributed by atoms with Gasteiger partial charge in [0.2, 0.25) is 11.3 Å². The summed E-state index contributed by atoms with van der Waals surface area (Å²) in [5.41, 5.74) is 0.407. The molecule has 3 rings (SSSR count). The Kier molecular flexibility index (Phi) is 3.14. The highest BCUT2D eigenvalue weighted by molar-refractivity contribution is 5.91. The van der Waals surface area contributed by atoms with Crippen molar-refractivity contribution < 1.29 is 19.7 Å². The van der Waals surface area contributed by atoms with E-state index < -0.39 is 5.43 Å². The van der Waals surface area contributed by atoms with E-state index in [2.05, 4.69) is 5.32 Å². The molecule has 3 aromatic rings. The minimum absolute atomic E-state index is 0.0140. The van der Waals surface area contributed by atoms with Gasteiger partial charge in [-0.25, -0.2) is 0 Å². The first kappa shape index (κ1) is 13.8. The predicted molar refractivity (Wildman–Crippen MR) is 82.5 cm³/mol. The molecule has 2 aromatic carbocycles. The Morgan fingerprint density at radius 3 is 2.32 bits per heavy atom. The van der Waals surface area contributed by atoms with Crippen molar-refractivity contribution >= 4 is 16.9 Å². The summed E-state index contributed by atoms with van der Waals surface area (Å²) in [4.78, 5) is 12.7. The molecule has 0 aliphatic rings. The van der Waals surface area contributed by atoms with Gasteiger partial charge >= 0.3 is 0 Å². The summed E-state index contributed by atoms with van der Waals surface area (Å²) in [6, 6.07) is 8.40. The van der Waals surface area contributed by atoms with Gasteiger partial charge in [-0.3, -0.25) is 4.79 Å². The van der Waals surface area contributed by atoms with Gasteiger partial charge in [-0.05, 0) is 17.7 Å². The average Bonchev–Trinajstić information content (AvgIpc) is 2.47. The largest absolute Gasteiger partial charge is 0.508 e. The number of fused-ring (bicyclic) bond motifs is 1. The maximum Gasteiger partial charge on any atom is 0.206 e. The van der Waals surface area contributed by atoms with E-state index in [1.54, 1.807) is 19.2 Å². The SMILES string of the molecule is CNc1oc2cc(O)cc(O)c2c(=O)c1-c1ccc(O)cc1. The van der Waals surface area contributed by atoms with Crippen molar-refractivity contribution in [2.45, 2.75) is 0 Å². The van der Waals surface area contributed by atoms with E-state index in [1.165, 1.54) is 18.2 Å². The highest BCUT2D eigenvalue weighted by Gasteiger charge is 2.18. The first-order valence-electron chi connectivity index (χ1n) is 6.51. The molecule has 0 saturated heterocycles. The topological polar surface area (TPSA) is 103 Å². The fraction of sp³-hybridized carbons (Fsp3) is 0.0625. The molecule has 0 spiro atoms. The van der Waals surface area contributed by atoms with Gasteiger partial charge in [0.25, 0.3) is 0 Å². The van der Waals surface area contributed by atoms with Crippen LogP contribution >= 0.6 is 0 Å². The Bertz CT molecular complexity index is 912. The first-order valence-corrected chi connectivity index (χ1v) is 6.51. The fourth-order valence-corrected chi connectivity index (χ4v) is 2.35. The van der Waals surface area contributed by atoms with E-state index in [4.69, 9.17) is 4.42 Å². The standard InChI is InChI=1S/C16H13NO5/c1-17-16-13(8-2-4-9(18)5-3-8)15(21)14-11(20)6-10(19)7-12(14)22-16/h2-7,17-20H,1H3. The van der Waals surface area contributed by atoms with Crippen molar-refractivity contribution in [1.29, 1.82) is 0 Å². The minimum atomic E-state index is -0.436. The van der Waals surface area contributed by atoms with Crippen LogP contribution < -0.4 is 10.7 Å². The second-order valence-electron chi connectivity index (χ2n) is 4.77. The maximum atomic E-state index is 12.7. The van der Waals surface area contributed by atoms with Crippen LogP contribution in [0, 0.1) is 0 Å². The molecule has 4 N–H and O–H groups in total. The molecule has 112 valence electrons. The molecule has 0 bridgehead atoms. The van der Waals surface area contributed by atoms with Crippen LogP contribution in [0.5, 0.6) is 17.2 Å². The number of phenols is 3. The van der Waals surface area contributed by atoms with Gasteiger partial charge in [0.05, 0.1) is 5.56 Å². The first-order chi connectivity index (χ1) is 10.5. The molecule has 1 aromatic heterocycles. The molecule has 0 radical (unpaired) electrons. The summed E-state index contributed by atoms with van der Waals surface area (Å²) in [5.74, 6) is -0.278. The molecule has 0 unspecified atom stereocenters. The lowest BCUT2D eigenvalue weighted by molar-refractivity contribution is 0.452. The summed E-state index contributed by atoms with van der Waals surface area (Å²) in [5, 5.41) is 31.6. The number of anilines is 1. The average molecular weight is 299 g/mol. The summed E-state index contributed by atoms with van der Waals surface area (Å²) in [6.07, 6.45) is 0. The zero-order valence-electron chi connectivity index (χ0n) is 11.6. The van der Waals surface area contributed by atoms with Gasteiger partial charge < -0.3 is 25.1 Å². The van der Waals surface area contributed by atoms with Crippen molar-refractivity contribution in [3.63, 3.8) is 0 Å². The number of rotatable bonds is 2. The van der Waals surface area contributed by atoms with Gasteiger partial charge in [0, 0.05) is 19.2 Å². The van der Waals surface area contributed by atoms with Crippen molar-refractivity contribution in [3.05, 3.63) is 46.6 Å². The molecule has 6 nitrogen and oxygen atoms in total. The highest BCUT2D eigenvalue weighted by atomic mass is 16.4. The lowest BCUT2D eigenvalue weighted by atomic mass is 10.0. The van der Waals surface area contributed by atoms with Crippen LogP contribution in [0.25, 0.3) is 22.1 Å². The summed E-state index contributed by atoms with van der Waals surface area (Å²) in [7, 11) is 1.59. The van der Waals surface area contributed by atoms with E-state index in [0.29, 0.717) is 5.56 Å². The van der Waals surface area contributed by atoms with Crippen molar-refractivity contribution in [3.8, 4) is 28.4 Å². The Hall–Kier alpha value is -3.15. The Balaban J connectivity index is 2.41. The van der Waals surface area contributed by atoms with Gasteiger partial charge in [0.15, 0.2) is 0 Å². The Labute approximate surface area is 124 Å². The molecule has 1 heterocycles. The Morgan fingerprint density at radius 1 is 1.00 bits per heavy atom. The van der Waals surface area contributed by atoms with Gasteiger partial charge in [-0.1, -0.05) is 12.1 Å². The number of nitrogens with one attached hydrogen (secondary N) is 1. The minimum Gasteiger partial charge on any atom is -0.508 e. The number of phenolic OH excluding ortho intramolecular Hbond substituents is 3. The molecule has 0 aliphatic carbocycles. The van der Waals surface area contributed by atoms with Crippen LogP contribution in [0.2, 0.25) is 0 Å². The second kappa shape index (κ2) is 5.00. The van der Waals surface area contributed by atoms with Crippen LogP contribution in [0.1, 0.15) is 0 Å². The zero-order valence-corrected chi connectivity index (χ0v) is 11.6. The Morgan fingerprint density at radius 2 is 1.68 bits per heavy atom. The molecule has 0 aliphatic heterocycles. The van der Waals surface area contributed by atoms with Crippen LogP contribution in [-0.2, 0) is 0 Å². The van der Waals surface area contributed by atoms with E-state index in [9.17, 15) is 20.1 Å². The van der Waals surface area contributed by atoms with Crippen LogP contribution in [0.3, 0.4) is 0 Å². The third kappa shape index (κ3) is 2.10. The van der Waals surface area contributed by atoms with Crippen LogP contribution in [0.4, 0.5) is 5.88 Å². The molecule has 0 amide bonds. The fourth-order valence-electron chi connectivity index (χ4n) is 2.35. The number of benzene rings is 2. The quantitative estimate of drug-likeness (QED) is 0.580. The van der Waals surface area contributed by atoms with Gasteiger partial charge in [0.1, 0.15) is 28.2 Å². The smallest absolute Gasteiger partial charge is 0.206 e. The molecule has 0 saturated carbocycles. The molecular formula is C16H13NO5. The number of aromatic hydroxyl groups is 3. The van der Waals surface area contributed by atoms with Crippen LogP contribution in [0.15, 0.2) is 45.6 Å². The third-order valence-electron chi connectivity index (χ3n) is 3.34. The predicted octanol–water partition coefficient (Wildman–Crippen LogP) is 2.62. The monoisotopic (exact) mass is 299 g/mol. The van der Waals surface area contributed by atoms with Crippen LogP contribution in [-0.4, -0.2) is 22.4 Å². The summed E-state index contributed by atoms with van der Waals surface area (Å²) >= 11 is 0. The zero-order chi connectivity index (χ0) is 15.9. The molecular weight excluding hydrogens is 286 g/mol. The lowest BCUT2D eigenvalue weighted by Crippen LogP contribution is -2.09. The van der Waals surface area contributed by atoms with E-state index in [0.717, 1.165) is 6.07 Å². The van der Waals surface area contributed by atoms with Crippen molar-refractivity contribution in [1.82, 2.24) is 0 Å². The normalized spacial score (nSPS) is 10.8. The number of hydrogen-bond donors (Lipinski definition) is 4. The highest BCUT2D eigenvalue weighted by Crippen LogP contribution is 2.34. The summed E-state index contributed by atoms with van der Waals surface area (Å²) in [6.45, 7) is 0. The van der Waals surface area contributed by atoms with Gasteiger partial charge in [-0.15, -0.1) is 0 Å². The molecule has 22 heavy (non-hydrogen) atoms. The van der Waals surface area contributed by atoms with Gasteiger partial charge in [-0.2, -0.15) is 0 Å². The maximum absolute atomic E-state index is 12.7. The molecule has 6 heteroatoms. The molecule has 0 fully saturated rings. The molecule has 0 atom stereocenters. The van der Waals surface area contributed by atoms with E-state index in [-0.39, 0.29) is 39.7 Å². The van der Waals surface area contributed by atoms with Crippen molar-refractivity contribution in [2.24, 2.45) is 0 Å². The lowest BCUT2D eigenvalue weighted by Gasteiger charge is -2.10. The van der Waals surface area contributed by atoms with Crippen molar-refractivity contribution in [2.75, 3.05) is 12.4 Å². The second-order valence-corrected chi connectivity index (χ2v) is 4.77. The van der Waals surface area contributed by atoms with E-state index in [1.807, 2.05) is 0 Å². The van der Waals surface area contributed by atoms with E-state index >= 15 is 0 Å². The number of hydrogen-bond acceptors (Lipinski definition) is 6. The summed E-state index contributed by atoms with van der Waals surface area (Å²) < 4.78 is 5.58. The third-order valence-corrected chi connectivity index (χ3v) is 3.34.